The SMILES string of the molecule is CC(=O)CCCc1ccc(S(=O)(=O)C(C)C)cc1. The van der Waals surface area contributed by atoms with Crippen molar-refractivity contribution in [1.82, 2.24) is 0 Å². The van der Waals surface area contributed by atoms with Gasteiger partial charge in [0.1, 0.15) is 5.78 Å². The lowest BCUT2D eigenvalue weighted by Crippen LogP contribution is -2.13. The topological polar surface area (TPSA) is 51.2 Å². The Morgan fingerprint density at radius 2 is 1.72 bits per heavy atom. The maximum atomic E-state index is 11.9. The quantitative estimate of drug-likeness (QED) is 0.797. The molecule has 0 aliphatic carbocycles. The van der Waals surface area contributed by atoms with Gasteiger partial charge in [-0.3, -0.25) is 0 Å². The van der Waals surface area contributed by atoms with Crippen molar-refractivity contribution >= 4 is 15.6 Å². The van der Waals surface area contributed by atoms with E-state index in [2.05, 4.69) is 0 Å². The van der Waals surface area contributed by atoms with E-state index in [9.17, 15) is 13.2 Å². The van der Waals surface area contributed by atoms with Gasteiger partial charge >= 0.3 is 0 Å². The summed E-state index contributed by atoms with van der Waals surface area (Å²) in [5.41, 5.74) is 1.07. The van der Waals surface area contributed by atoms with Crippen molar-refractivity contribution in [3.05, 3.63) is 29.8 Å². The summed E-state index contributed by atoms with van der Waals surface area (Å²) < 4.78 is 23.8. The van der Waals surface area contributed by atoms with Gasteiger partial charge in [-0.05, 0) is 51.3 Å². The van der Waals surface area contributed by atoms with E-state index in [1.807, 2.05) is 12.1 Å². The molecule has 0 aliphatic heterocycles. The van der Waals surface area contributed by atoms with Gasteiger partial charge in [0.2, 0.25) is 0 Å². The lowest BCUT2D eigenvalue weighted by Gasteiger charge is -2.08. The molecule has 0 unspecified atom stereocenters. The van der Waals surface area contributed by atoms with Crippen molar-refractivity contribution in [1.29, 1.82) is 0 Å². The predicted octanol–water partition coefficient (Wildman–Crippen LogP) is 2.78. The van der Waals surface area contributed by atoms with Gasteiger partial charge in [0.25, 0.3) is 0 Å². The van der Waals surface area contributed by atoms with Crippen molar-refractivity contribution in [3.8, 4) is 0 Å². The summed E-state index contributed by atoms with van der Waals surface area (Å²) in [4.78, 5) is 11.2. The van der Waals surface area contributed by atoms with Crippen LogP contribution < -0.4 is 0 Å². The second-order valence-electron chi connectivity index (χ2n) is 4.79. The third-order valence-corrected chi connectivity index (χ3v) is 5.04. The zero-order valence-corrected chi connectivity index (χ0v) is 12.0. The van der Waals surface area contributed by atoms with E-state index in [0.717, 1.165) is 18.4 Å². The Balaban J connectivity index is 2.72. The molecule has 0 amide bonds. The molecule has 0 saturated heterocycles. The van der Waals surface area contributed by atoms with Crippen LogP contribution in [0.25, 0.3) is 0 Å². The lowest BCUT2D eigenvalue weighted by atomic mass is 10.1. The molecule has 0 atom stereocenters. The Labute approximate surface area is 109 Å². The molecular formula is C14H20O3S. The second kappa shape index (κ2) is 6.14. The average molecular weight is 268 g/mol. The van der Waals surface area contributed by atoms with Crippen LogP contribution in [0, 0.1) is 0 Å². The average Bonchev–Trinajstić information content (AvgIpc) is 2.29. The van der Waals surface area contributed by atoms with E-state index in [4.69, 9.17) is 0 Å². The Morgan fingerprint density at radius 1 is 1.17 bits per heavy atom. The molecule has 1 rings (SSSR count). The fourth-order valence-corrected chi connectivity index (χ4v) is 2.72. The fourth-order valence-electron chi connectivity index (χ4n) is 1.66. The highest BCUT2D eigenvalue weighted by Crippen LogP contribution is 2.17. The smallest absolute Gasteiger partial charge is 0.180 e. The fraction of sp³-hybridized carbons (Fsp3) is 0.500. The van der Waals surface area contributed by atoms with Crippen LogP contribution in [0.4, 0.5) is 0 Å². The molecule has 0 radical (unpaired) electrons. The number of carbonyl (C=O) groups excluding carboxylic acids is 1. The summed E-state index contributed by atoms with van der Waals surface area (Å²) in [7, 11) is -3.18. The van der Waals surface area contributed by atoms with Crippen LogP contribution in [0.1, 0.15) is 39.2 Å². The molecule has 4 heteroatoms. The van der Waals surface area contributed by atoms with Gasteiger partial charge in [-0.1, -0.05) is 12.1 Å². The molecule has 0 heterocycles. The summed E-state index contributed by atoms with van der Waals surface area (Å²) in [6.45, 7) is 4.94. The van der Waals surface area contributed by atoms with Gasteiger partial charge < -0.3 is 4.79 Å². The van der Waals surface area contributed by atoms with E-state index >= 15 is 0 Å². The minimum atomic E-state index is -3.18. The van der Waals surface area contributed by atoms with Crippen LogP contribution in [-0.4, -0.2) is 19.5 Å². The van der Waals surface area contributed by atoms with E-state index in [1.165, 1.54) is 0 Å². The highest BCUT2D eigenvalue weighted by molar-refractivity contribution is 7.92. The lowest BCUT2D eigenvalue weighted by molar-refractivity contribution is -0.117. The minimum absolute atomic E-state index is 0.189. The van der Waals surface area contributed by atoms with E-state index in [-0.39, 0.29) is 5.78 Å². The zero-order valence-electron chi connectivity index (χ0n) is 11.1. The molecule has 100 valence electrons. The monoisotopic (exact) mass is 268 g/mol. The summed E-state index contributed by atoms with van der Waals surface area (Å²) in [5, 5.41) is -0.402. The van der Waals surface area contributed by atoms with Crippen LogP contribution in [-0.2, 0) is 21.1 Å². The maximum absolute atomic E-state index is 11.9. The molecule has 18 heavy (non-hydrogen) atoms. The number of aryl methyl sites for hydroxylation is 1. The van der Waals surface area contributed by atoms with Crippen molar-refractivity contribution < 1.29 is 13.2 Å². The molecule has 0 bridgehead atoms. The molecule has 3 nitrogen and oxygen atoms in total. The van der Waals surface area contributed by atoms with E-state index in [1.54, 1.807) is 32.9 Å². The molecule has 0 fully saturated rings. The van der Waals surface area contributed by atoms with E-state index in [0.29, 0.717) is 11.3 Å². The largest absolute Gasteiger partial charge is 0.300 e. The molecule has 0 aliphatic rings. The molecule has 1 aromatic rings. The number of hydrogen-bond donors (Lipinski definition) is 0. The number of ketones is 1. The normalized spacial score (nSPS) is 11.8. The van der Waals surface area contributed by atoms with Crippen molar-refractivity contribution in [2.24, 2.45) is 0 Å². The Hall–Kier alpha value is -1.16. The van der Waals surface area contributed by atoms with Crippen LogP contribution in [0.5, 0.6) is 0 Å². The first kappa shape index (κ1) is 14.9. The minimum Gasteiger partial charge on any atom is -0.300 e. The summed E-state index contributed by atoms with van der Waals surface area (Å²) in [5.74, 6) is 0.189. The first-order chi connectivity index (χ1) is 8.34. The Bertz CT molecular complexity index is 498. The van der Waals surface area contributed by atoms with Gasteiger partial charge in [-0.2, -0.15) is 0 Å². The van der Waals surface area contributed by atoms with Crippen molar-refractivity contribution in [3.63, 3.8) is 0 Å². The molecule has 0 spiro atoms. The maximum Gasteiger partial charge on any atom is 0.180 e. The predicted molar refractivity (Wildman–Crippen MR) is 72.4 cm³/mol. The van der Waals surface area contributed by atoms with Crippen LogP contribution in [0.15, 0.2) is 29.2 Å². The van der Waals surface area contributed by atoms with Crippen molar-refractivity contribution in [2.75, 3.05) is 0 Å². The highest BCUT2D eigenvalue weighted by Gasteiger charge is 2.18. The third kappa shape index (κ3) is 3.95. The van der Waals surface area contributed by atoms with Gasteiger partial charge in [-0.25, -0.2) is 8.42 Å². The number of Topliss-reactive ketones (excluding diaryl/α,β-unsaturated/α-hetero) is 1. The number of rotatable bonds is 6. The number of benzene rings is 1. The van der Waals surface area contributed by atoms with Crippen LogP contribution in [0.3, 0.4) is 0 Å². The molecule has 0 N–H and O–H groups in total. The van der Waals surface area contributed by atoms with Crippen molar-refractivity contribution in [2.45, 2.75) is 50.2 Å². The number of carbonyl (C=O) groups is 1. The molecular weight excluding hydrogens is 248 g/mol. The van der Waals surface area contributed by atoms with Gasteiger partial charge in [0.15, 0.2) is 9.84 Å². The first-order valence-electron chi connectivity index (χ1n) is 6.16. The molecule has 0 aromatic heterocycles. The molecule has 0 saturated carbocycles. The Morgan fingerprint density at radius 3 is 2.17 bits per heavy atom. The first-order valence-corrected chi connectivity index (χ1v) is 7.71. The Kier molecular flexibility index (Phi) is 5.08. The number of hydrogen-bond acceptors (Lipinski definition) is 3. The standard InChI is InChI=1S/C14H20O3S/c1-11(2)18(16,17)14-9-7-13(8-10-14)6-4-5-12(3)15/h7-11H,4-6H2,1-3H3. The second-order valence-corrected chi connectivity index (χ2v) is 7.30. The third-order valence-electron chi connectivity index (χ3n) is 2.87. The van der Waals surface area contributed by atoms with Gasteiger partial charge in [0.05, 0.1) is 10.1 Å². The zero-order chi connectivity index (χ0) is 13.8. The summed E-state index contributed by atoms with van der Waals surface area (Å²) in [6.07, 6.45) is 2.19. The van der Waals surface area contributed by atoms with Gasteiger partial charge in [0, 0.05) is 6.42 Å². The summed E-state index contributed by atoms with van der Waals surface area (Å²) in [6, 6.07) is 6.96. The van der Waals surface area contributed by atoms with Crippen LogP contribution in [0.2, 0.25) is 0 Å². The molecule has 1 aromatic carbocycles. The summed E-state index contributed by atoms with van der Waals surface area (Å²) >= 11 is 0. The van der Waals surface area contributed by atoms with Crippen LogP contribution >= 0.6 is 0 Å². The van der Waals surface area contributed by atoms with Gasteiger partial charge in [-0.15, -0.1) is 0 Å². The number of sulfone groups is 1. The van der Waals surface area contributed by atoms with E-state index < -0.39 is 15.1 Å². The highest BCUT2D eigenvalue weighted by atomic mass is 32.2.